The molecule has 2 aromatic carbocycles. The minimum Gasteiger partial charge on any atom is -0.374 e. The summed E-state index contributed by atoms with van der Waals surface area (Å²) in [5.41, 5.74) is 5.89. The summed E-state index contributed by atoms with van der Waals surface area (Å²) in [4.78, 5) is 6.03. The Kier molecular flexibility index (Phi) is 7.19. The van der Waals surface area contributed by atoms with Gasteiger partial charge in [0.25, 0.3) is 0 Å². The van der Waals surface area contributed by atoms with E-state index in [0.29, 0.717) is 12.6 Å². The molecular weight excluding hydrogens is 404 g/mol. The first-order chi connectivity index (χ1) is 15.1. The lowest BCUT2D eigenvalue weighted by atomic mass is 10.0. The van der Waals surface area contributed by atoms with Crippen LogP contribution in [0.25, 0.3) is 10.9 Å². The number of fused-ring (bicyclic) bond motifs is 1. The molecule has 0 unspecified atom stereocenters. The molecule has 2 heterocycles. The molecule has 4 rings (SSSR count). The standard InChI is InChI=1S/C26H31ClN4/c1-3-23-24-17-19(18-31(2)22-12-15-28-16-13-22)6-11-26(24)30-25(23)5-4-14-29-21-9-7-20(27)8-10-21/h6-11,17,22,28-30H,3,12-16,18H2,1-2H3. The summed E-state index contributed by atoms with van der Waals surface area (Å²) in [5.74, 6) is 6.59. The number of anilines is 1. The van der Waals surface area contributed by atoms with Gasteiger partial charge in [-0.3, -0.25) is 4.90 Å². The molecule has 0 bridgehead atoms. The number of aromatic nitrogens is 1. The SMILES string of the molecule is CCc1c(C#CCNc2ccc(Cl)cc2)[nH]c2ccc(CN(C)C3CCNCC3)cc12. The molecule has 0 amide bonds. The average molecular weight is 435 g/mol. The van der Waals surface area contributed by atoms with E-state index < -0.39 is 0 Å². The molecule has 0 aliphatic carbocycles. The summed E-state index contributed by atoms with van der Waals surface area (Å²) < 4.78 is 0. The van der Waals surface area contributed by atoms with Crippen LogP contribution >= 0.6 is 11.6 Å². The molecule has 1 aliphatic rings. The van der Waals surface area contributed by atoms with Crippen LogP contribution in [0.4, 0.5) is 5.69 Å². The van der Waals surface area contributed by atoms with Gasteiger partial charge < -0.3 is 15.6 Å². The van der Waals surface area contributed by atoms with Crippen LogP contribution in [-0.2, 0) is 13.0 Å². The molecule has 0 atom stereocenters. The van der Waals surface area contributed by atoms with Crippen molar-refractivity contribution in [1.82, 2.24) is 15.2 Å². The maximum absolute atomic E-state index is 5.94. The lowest BCUT2D eigenvalue weighted by Crippen LogP contribution is -2.40. The zero-order chi connectivity index (χ0) is 21.6. The van der Waals surface area contributed by atoms with E-state index in [4.69, 9.17) is 11.6 Å². The van der Waals surface area contributed by atoms with Crippen molar-refractivity contribution in [3.05, 3.63) is 64.3 Å². The van der Waals surface area contributed by atoms with E-state index >= 15 is 0 Å². The number of halogens is 1. The second-order valence-electron chi connectivity index (χ2n) is 8.27. The lowest BCUT2D eigenvalue weighted by molar-refractivity contribution is 0.192. The average Bonchev–Trinajstić information content (AvgIpc) is 3.15. The number of benzene rings is 2. The van der Waals surface area contributed by atoms with Gasteiger partial charge in [0.15, 0.2) is 0 Å². The monoisotopic (exact) mass is 434 g/mol. The summed E-state index contributed by atoms with van der Waals surface area (Å²) in [7, 11) is 2.25. The molecule has 0 saturated carbocycles. The Morgan fingerprint density at radius 2 is 1.90 bits per heavy atom. The normalized spacial score (nSPS) is 14.6. The van der Waals surface area contributed by atoms with E-state index in [0.717, 1.165) is 42.5 Å². The van der Waals surface area contributed by atoms with Crippen molar-refractivity contribution in [2.45, 2.75) is 38.8 Å². The third-order valence-corrected chi connectivity index (χ3v) is 6.38. The maximum Gasteiger partial charge on any atom is 0.0937 e. The second-order valence-corrected chi connectivity index (χ2v) is 8.71. The summed E-state index contributed by atoms with van der Waals surface area (Å²) in [6.45, 7) is 6.03. The molecule has 162 valence electrons. The largest absolute Gasteiger partial charge is 0.374 e. The highest BCUT2D eigenvalue weighted by molar-refractivity contribution is 6.30. The summed E-state index contributed by atoms with van der Waals surface area (Å²) in [6.07, 6.45) is 3.42. The highest BCUT2D eigenvalue weighted by atomic mass is 35.5. The van der Waals surface area contributed by atoms with E-state index in [1.165, 1.54) is 34.9 Å². The molecule has 1 fully saturated rings. The van der Waals surface area contributed by atoms with Crippen molar-refractivity contribution in [2.24, 2.45) is 0 Å². The summed E-state index contributed by atoms with van der Waals surface area (Å²) in [5, 5.41) is 8.81. The molecule has 0 radical (unpaired) electrons. The van der Waals surface area contributed by atoms with Gasteiger partial charge >= 0.3 is 0 Å². The molecular formula is C26H31ClN4. The van der Waals surface area contributed by atoms with E-state index in [-0.39, 0.29) is 0 Å². The first-order valence-electron chi connectivity index (χ1n) is 11.2. The van der Waals surface area contributed by atoms with Gasteiger partial charge in [0, 0.05) is 34.2 Å². The van der Waals surface area contributed by atoms with E-state index in [9.17, 15) is 0 Å². The van der Waals surface area contributed by atoms with E-state index in [1.807, 2.05) is 24.3 Å². The number of aryl methyl sites for hydroxylation is 1. The first kappa shape index (κ1) is 21.8. The van der Waals surface area contributed by atoms with Crippen molar-refractivity contribution in [3.8, 4) is 11.8 Å². The number of hydrogen-bond donors (Lipinski definition) is 3. The van der Waals surface area contributed by atoms with Gasteiger partial charge in [-0.2, -0.15) is 0 Å². The number of rotatable bonds is 6. The number of H-pyrrole nitrogens is 1. The molecule has 1 saturated heterocycles. The van der Waals surface area contributed by atoms with Crippen LogP contribution < -0.4 is 10.6 Å². The summed E-state index contributed by atoms with van der Waals surface area (Å²) in [6, 6.07) is 15.2. The Hall–Kier alpha value is -2.45. The van der Waals surface area contributed by atoms with Crippen molar-refractivity contribution >= 4 is 28.2 Å². The molecule has 1 aromatic heterocycles. The Morgan fingerprint density at radius 3 is 2.65 bits per heavy atom. The van der Waals surface area contributed by atoms with Crippen LogP contribution in [0.3, 0.4) is 0 Å². The van der Waals surface area contributed by atoms with Gasteiger partial charge in [0.05, 0.1) is 12.2 Å². The molecule has 3 aromatic rings. The van der Waals surface area contributed by atoms with E-state index in [1.54, 1.807) is 0 Å². The van der Waals surface area contributed by atoms with Crippen molar-refractivity contribution in [3.63, 3.8) is 0 Å². The Labute approximate surface area is 190 Å². The number of piperidine rings is 1. The highest BCUT2D eigenvalue weighted by Gasteiger charge is 2.18. The predicted molar refractivity (Wildman–Crippen MR) is 132 cm³/mol. The fraction of sp³-hybridized carbons (Fsp3) is 0.385. The van der Waals surface area contributed by atoms with Gasteiger partial charge in [0.2, 0.25) is 0 Å². The maximum atomic E-state index is 5.94. The van der Waals surface area contributed by atoms with Gasteiger partial charge in [-0.15, -0.1) is 0 Å². The van der Waals surface area contributed by atoms with Crippen LogP contribution in [0.5, 0.6) is 0 Å². The number of aromatic amines is 1. The molecule has 5 heteroatoms. The predicted octanol–water partition coefficient (Wildman–Crippen LogP) is 5.03. The number of hydrogen-bond acceptors (Lipinski definition) is 3. The third kappa shape index (κ3) is 5.43. The van der Waals surface area contributed by atoms with Crippen LogP contribution in [-0.4, -0.2) is 42.6 Å². The minimum absolute atomic E-state index is 0.590. The third-order valence-electron chi connectivity index (χ3n) is 6.13. The highest BCUT2D eigenvalue weighted by Crippen LogP contribution is 2.25. The van der Waals surface area contributed by atoms with Crippen molar-refractivity contribution < 1.29 is 0 Å². The molecule has 31 heavy (non-hydrogen) atoms. The van der Waals surface area contributed by atoms with Crippen LogP contribution in [0.2, 0.25) is 5.02 Å². The van der Waals surface area contributed by atoms with Gasteiger partial charge in [0.1, 0.15) is 0 Å². The zero-order valence-electron chi connectivity index (χ0n) is 18.4. The minimum atomic E-state index is 0.590. The quantitative estimate of drug-likeness (QED) is 0.476. The Morgan fingerprint density at radius 1 is 1.13 bits per heavy atom. The van der Waals surface area contributed by atoms with Crippen molar-refractivity contribution in [1.29, 1.82) is 0 Å². The van der Waals surface area contributed by atoms with Crippen LogP contribution in [0.15, 0.2) is 42.5 Å². The van der Waals surface area contributed by atoms with Gasteiger partial charge in [-0.25, -0.2) is 0 Å². The first-order valence-corrected chi connectivity index (χ1v) is 11.5. The second kappa shape index (κ2) is 10.2. The Bertz CT molecular complexity index is 1070. The fourth-order valence-corrected chi connectivity index (χ4v) is 4.50. The number of nitrogens with one attached hydrogen (secondary N) is 3. The van der Waals surface area contributed by atoms with Crippen LogP contribution in [0, 0.1) is 11.8 Å². The van der Waals surface area contributed by atoms with Gasteiger partial charge in [-0.05, 0) is 92.8 Å². The molecule has 4 nitrogen and oxygen atoms in total. The summed E-state index contributed by atoms with van der Waals surface area (Å²) >= 11 is 5.94. The van der Waals surface area contributed by atoms with Gasteiger partial charge in [-0.1, -0.05) is 30.5 Å². The molecule has 0 spiro atoms. The molecule has 3 N–H and O–H groups in total. The molecule has 1 aliphatic heterocycles. The Balaban J connectivity index is 1.46. The number of nitrogens with zero attached hydrogens (tertiary/aromatic N) is 1. The smallest absolute Gasteiger partial charge is 0.0937 e. The lowest BCUT2D eigenvalue weighted by Gasteiger charge is -2.31. The zero-order valence-corrected chi connectivity index (χ0v) is 19.1. The fourth-order valence-electron chi connectivity index (χ4n) is 4.38. The van der Waals surface area contributed by atoms with Crippen LogP contribution in [0.1, 0.15) is 36.6 Å². The topological polar surface area (TPSA) is 43.1 Å². The van der Waals surface area contributed by atoms with E-state index in [2.05, 4.69) is 64.5 Å². The van der Waals surface area contributed by atoms with Crippen molar-refractivity contribution in [2.75, 3.05) is 32.0 Å².